The number of nitrogens with one attached hydrogen (secondary N) is 1. The fourth-order valence-corrected chi connectivity index (χ4v) is 2.36. The Hall–Kier alpha value is -1.81. The smallest absolute Gasteiger partial charge is 0.0951 e. The summed E-state index contributed by atoms with van der Waals surface area (Å²) in [4.78, 5) is 4.34. The molecule has 0 aliphatic carbocycles. The maximum atomic E-state index is 9.26. The fourth-order valence-electron chi connectivity index (χ4n) is 2.36. The molecule has 0 saturated heterocycles. The Balaban J connectivity index is 2.40. The minimum absolute atomic E-state index is 0.0542. The quantitative estimate of drug-likeness (QED) is 0.749. The number of nitrogen functional groups attached to an aromatic ring is 1. The highest BCUT2D eigenvalue weighted by atomic mass is 16.3. The lowest BCUT2D eigenvalue weighted by molar-refractivity contribution is 0.235. The lowest BCUT2D eigenvalue weighted by Gasteiger charge is -2.32. The van der Waals surface area contributed by atoms with Crippen molar-refractivity contribution in [2.45, 2.75) is 33.2 Å². The summed E-state index contributed by atoms with van der Waals surface area (Å²) in [5, 5.41) is 13.8. The molecule has 0 saturated carbocycles. The van der Waals surface area contributed by atoms with Gasteiger partial charge in [-0.3, -0.25) is 4.98 Å². The summed E-state index contributed by atoms with van der Waals surface area (Å²) in [6.07, 6.45) is 2.45. The third-order valence-electron chi connectivity index (χ3n) is 3.59. The first-order valence-electron chi connectivity index (χ1n) is 6.94. The summed E-state index contributed by atoms with van der Waals surface area (Å²) in [6, 6.07) is 7.95. The molecule has 0 fully saturated rings. The molecule has 2 rings (SSSR count). The number of nitrogens with two attached hydrogens (primary N) is 1. The van der Waals surface area contributed by atoms with Gasteiger partial charge in [-0.1, -0.05) is 20.8 Å². The fraction of sp³-hybridized carbons (Fsp3) is 0.438. The number of aliphatic hydroxyl groups excluding tert-OH is 1. The first kappa shape index (κ1) is 14.6. The second kappa shape index (κ2) is 5.67. The summed E-state index contributed by atoms with van der Waals surface area (Å²) in [6.45, 7) is 6.66. The predicted molar refractivity (Wildman–Crippen MR) is 84.7 cm³/mol. The van der Waals surface area contributed by atoms with Crippen LogP contribution in [0.1, 0.15) is 27.2 Å². The highest BCUT2D eigenvalue weighted by molar-refractivity contribution is 5.98. The number of hydrogen-bond donors (Lipinski definition) is 3. The zero-order valence-corrected chi connectivity index (χ0v) is 12.4. The first-order valence-corrected chi connectivity index (χ1v) is 6.94. The van der Waals surface area contributed by atoms with Crippen LogP contribution in [0, 0.1) is 5.41 Å². The van der Waals surface area contributed by atoms with E-state index >= 15 is 0 Å². The van der Waals surface area contributed by atoms with Crippen molar-refractivity contribution in [3.05, 3.63) is 30.5 Å². The van der Waals surface area contributed by atoms with E-state index in [1.807, 2.05) is 24.3 Å². The minimum atomic E-state index is 0.0542. The minimum Gasteiger partial charge on any atom is -0.397 e. The van der Waals surface area contributed by atoms with Gasteiger partial charge in [0.05, 0.1) is 11.2 Å². The van der Waals surface area contributed by atoms with Gasteiger partial charge in [0.2, 0.25) is 0 Å². The second-order valence-corrected chi connectivity index (χ2v) is 6.18. The lowest BCUT2D eigenvalue weighted by Crippen LogP contribution is -2.34. The van der Waals surface area contributed by atoms with E-state index in [-0.39, 0.29) is 18.1 Å². The van der Waals surface area contributed by atoms with Crippen molar-refractivity contribution < 1.29 is 5.11 Å². The van der Waals surface area contributed by atoms with Crippen molar-refractivity contribution in [1.29, 1.82) is 0 Å². The lowest BCUT2D eigenvalue weighted by atomic mass is 9.84. The average Bonchev–Trinajstić information content (AvgIpc) is 2.40. The number of pyridine rings is 1. The third kappa shape index (κ3) is 3.02. The van der Waals surface area contributed by atoms with Crippen LogP contribution in [-0.4, -0.2) is 22.7 Å². The number of benzene rings is 1. The van der Waals surface area contributed by atoms with Gasteiger partial charge in [-0.2, -0.15) is 0 Å². The standard InChI is InChI=1S/C16H23N3O/c1-16(2,3)14(8-10-20)19-13-7-6-12(17)15-11(13)5-4-9-18-15/h4-7,9,14,19-20H,8,10,17H2,1-3H3. The first-order chi connectivity index (χ1) is 9.43. The Morgan fingerprint density at radius 2 is 2.05 bits per heavy atom. The summed E-state index contributed by atoms with van der Waals surface area (Å²) >= 11 is 0. The number of aliphatic hydroxyl groups is 1. The summed E-state index contributed by atoms with van der Waals surface area (Å²) in [7, 11) is 0. The van der Waals surface area contributed by atoms with E-state index in [0.717, 1.165) is 16.6 Å². The maximum absolute atomic E-state index is 9.26. The summed E-state index contributed by atoms with van der Waals surface area (Å²) in [5.74, 6) is 0. The molecule has 108 valence electrons. The molecule has 0 spiro atoms. The normalized spacial score (nSPS) is 13.4. The van der Waals surface area contributed by atoms with Crippen LogP contribution in [0.2, 0.25) is 0 Å². The van der Waals surface area contributed by atoms with Gasteiger partial charge < -0.3 is 16.2 Å². The molecule has 4 N–H and O–H groups in total. The number of nitrogens with zero attached hydrogens (tertiary/aromatic N) is 1. The van der Waals surface area contributed by atoms with Gasteiger partial charge in [-0.05, 0) is 36.1 Å². The molecule has 0 amide bonds. The molecule has 0 aliphatic rings. The van der Waals surface area contributed by atoms with Gasteiger partial charge >= 0.3 is 0 Å². The molecule has 0 radical (unpaired) electrons. The summed E-state index contributed by atoms with van der Waals surface area (Å²) < 4.78 is 0. The Morgan fingerprint density at radius 3 is 2.70 bits per heavy atom. The molecule has 0 aliphatic heterocycles. The van der Waals surface area contributed by atoms with E-state index in [1.54, 1.807) is 6.20 Å². The van der Waals surface area contributed by atoms with E-state index < -0.39 is 0 Å². The van der Waals surface area contributed by atoms with E-state index in [0.29, 0.717) is 12.1 Å². The highest BCUT2D eigenvalue weighted by Crippen LogP contribution is 2.31. The van der Waals surface area contributed by atoms with Crippen LogP contribution in [0.4, 0.5) is 11.4 Å². The van der Waals surface area contributed by atoms with Gasteiger partial charge in [0.25, 0.3) is 0 Å². The Labute approximate surface area is 120 Å². The Kier molecular flexibility index (Phi) is 4.14. The van der Waals surface area contributed by atoms with Crippen LogP contribution in [0.5, 0.6) is 0 Å². The van der Waals surface area contributed by atoms with Crippen molar-refractivity contribution in [3.8, 4) is 0 Å². The zero-order valence-electron chi connectivity index (χ0n) is 12.4. The van der Waals surface area contributed by atoms with Crippen LogP contribution >= 0.6 is 0 Å². The van der Waals surface area contributed by atoms with Crippen LogP contribution in [-0.2, 0) is 0 Å². The van der Waals surface area contributed by atoms with Crippen LogP contribution in [0.3, 0.4) is 0 Å². The largest absolute Gasteiger partial charge is 0.397 e. The third-order valence-corrected chi connectivity index (χ3v) is 3.59. The van der Waals surface area contributed by atoms with Gasteiger partial charge in [0, 0.05) is 29.9 Å². The van der Waals surface area contributed by atoms with Crippen LogP contribution in [0.15, 0.2) is 30.5 Å². The molecule has 1 aromatic heterocycles. The molecule has 1 heterocycles. The molecule has 4 heteroatoms. The van der Waals surface area contributed by atoms with Gasteiger partial charge in [0.1, 0.15) is 0 Å². The Morgan fingerprint density at radius 1 is 1.30 bits per heavy atom. The van der Waals surface area contributed by atoms with Crippen molar-refractivity contribution in [2.75, 3.05) is 17.7 Å². The number of hydrogen-bond acceptors (Lipinski definition) is 4. The molecule has 4 nitrogen and oxygen atoms in total. The topological polar surface area (TPSA) is 71.2 Å². The van der Waals surface area contributed by atoms with Crippen molar-refractivity contribution in [1.82, 2.24) is 4.98 Å². The zero-order chi connectivity index (χ0) is 14.8. The molecular weight excluding hydrogens is 250 g/mol. The molecule has 1 atom stereocenters. The van der Waals surface area contributed by atoms with Crippen molar-refractivity contribution in [2.24, 2.45) is 5.41 Å². The van der Waals surface area contributed by atoms with Gasteiger partial charge in [0.15, 0.2) is 0 Å². The SMILES string of the molecule is CC(C)(C)C(CCO)Nc1ccc(N)c2ncccc12. The van der Waals surface area contributed by atoms with Gasteiger partial charge in [-0.15, -0.1) is 0 Å². The number of anilines is 2. The Bertz CT molecular complexity index is 590. The molecular formula is C16H23N3O. The monoisotopic (exact) mass is 273 g/mol. The van der Waals surface area contributed by atoms with E-state index in [2.05, 4.69) is 31.1 Å². The average molecular weight is 273 g/mol. The maximum Gasteiger partial charge on any atom is 0.0951 e. The summed E-state index contributed by atoms with van der Waals surface area (Å²) in [5.41, 5.74) is 8.53. The molecule has 2 aromatic rings. The molecule has 1 aromatic carbocycles. The number of aromatic nitrogens is 1. The van der Waals surface area contributed by atoms with Crippen LogP contribution < -0.4 is 11.1 Å². The second-order valence-electron chi connectivity index (χ2n) is 6.18. The van der Waals surface area contributed by atoms with E-state index in [9.17, 15) is 5.11 Å². The highest BCUT2D eigenvalue weighted by Gasteiger charge is 2.24. The van der Waals surface area contributed by atoms with E-state index in [1.165, 1.54) is 0 Å². The van der Waals surface area contributed by atoms with Crippen molar-refractivity contribution in [3.63, 3.8) is 0 Å². The van der Waals surface area contributed by atoms with Crippen LogP contribution in [0.25, 0.3) is 10.9 Å². The molecule has 1 unspecified atom stereocenters. The molecule has 0 bridgehead atoms. The number of fused-ring (bicyclic) bond motifs is 1. The predicted octanol–water partition coefficient (Wildman–Crippen LogP) is 3.03. The number of rotatable bonds is 4. The van der Waals surface area contributed by atoms with E-state index in [4.69, 9.17) is 5.73 Å². The van der Waals surface area contributed by atoms with Gasteiger partial charge in [-0.25, -0.2) is 0 Å². The van der Waals surface area contributed by atoms with Crippen molar-refractivity contribution >= 4 is 22.3 Å². The molecule has 20 heavy (non-hydrogen) atoms.